The molecule has 0 bridgehead atoms. The fourth-order valence-electron chi connectivity index (χ4n) is 4.86. The maximum absolute atomic E-state index is 13.2. The molecular formula is C31H34N2O5. The molecule has 2 amide bonds. The molecule has 0 aliphatic heterocycles. The van der Waals surface area contributed by atoms with Crippen LogP contribution in [-0.2, 0) is 25.5 Å². The fourth-order valence-corrected chi connectivity index (χ4v) is 4.86. The number of nitrogens with one attached hydrogen (secondary N) is 2. The van der Waals surface area contributed by atoms with Gasteiger partial charge in [0.1, 0.15) is 19.3 Å². The van der Waals surface area contributed by atoms with E-state index in [1.165, 1.54) is 6.92 Å². The summed E-state index contributed by atoms with van der Waals surface area (Å²) in [5.74, 6) is -1.05. The molecular weight excluding hydrogens is 480 g/mol. The SMILES string of the molecule is CC(=O)OC[C@@H](Cc1ccccc1)NC(=O)[C@@H](NC(=O)OCC1c2ccccc2-c2ccccc21)C(C)C. The van der Waals surface area contributed by atoms with Crippen molar-refractivity contribution in [2.45, 2.75) is 45.2 Å². The first-order valence-corrected chi connectivity index (χ1v) is 12.9. The number of amides is 2. The number of alkyl carbamates (subject to hydrolysis) is 1. The lowest BCUT2D eigenvalue weighted by Gasteiger charge is -2.25. The van der Waals surface area contributed by atoms with E-state index in [1.807, 2.05) is 68.4 Å². The standard InChI is InChI=1S/C31H34N2O5/c1-20(2)29(30(35)32-23(18-37-21(3)34)17-22-11-5-4-6-12-22)33-31(36)38-19-28-26-15-9-7-13-24(26)25-14-8-10-16-27(25)28/h4-16,20,23,28-29H,17-19H2,1-3H3,(H,32,35)(H,33,36)/t23-,29+/m1/s1. The highest BCUT2D eigenvalue weighted by molar-refractivity contribution is 5.86. The Balaban J connectivity index is 1.39. The molecule has 0 heterocycles. The van der Waals surface area contributed by atoms with E-state index in [4.69, 9.17) is 9.47 Å². The van der Waals surface area contributed by atoms with Crippen molar-refractivity contribution in [1.29, 1.82) is 0 Å². The molecule has 7 nitrogen and oxygen atoms in total. The summed E-state index contributed by atoms with van der Waals surface area (Å²) in [7, 11) is 0. The predicted octanol–water partition coefficient (Wildman–Crippen LogP) is 4.84. The third-order valence-electron chi connectivity index (χ3n) is 6.73. The van der Waals surface area contributed by atoms with E-state index < -0.39 is 24.1 Å². The van der Waals surface area contributed by atoms with Crippen molar-refractivity contribution in [3.05, 3.63) is 95.6 Å². The van der Waals surface area contributed by atoms with Gasteiger partial charge in [0, 0.05) is 12.8 Å². The summed E-state index contributed by atoms with van der Waals surface area (Å²) in [4.78, 5) is 37.5. The molecule has 3 aromatic rings. The Bertz CT molecular complexity index is 1230. The summed E-state index contributed by atoms with van der Waals surface area (Å²) in [6.45, 7) is 5.23. The summed E-state index contributed by atoms with van der Waals surface area (Å²) in [5.41, 5.74) is 5.53. The molecule has 0 saturated heterocycles. The smallest absolute Gasteiger partial charge is 0.407 e. The number of carbonyl (C=O) groups excluding carboxylic acids is 3. The van der Waals surface area contributed by atoms with Crippen molar-refractivity contribution in [2.24, 2.45) is 5.92 Å². The van der Waals surface area contributed by atoms with Crippen molar-refractivity contribution in [1.82, 2.24) is 10.6 Å². The Hall–Kier alpha value is -4.13. The average molecular weight is 515 g/mol. The summed E-state index contributed by atoms with van der Waals surface area (Å²) in [5, 5.41) is 5.69. The normalized spacial score (nSPS) is 13.7. The quantitative estimate of drug-likeness (QED) is 0.378. The number of hydrogen-bond acceptors (Lipinski definition) is 5. The first-order valence-electron chi connectivity index (χ1n) is 12.9. The van der Waals surface area contributed by atoms with Gasteiger partial charge in [-0.1, -0.05) is 92.7 Å². The molecule has 1 aliphatic carbocycles. The van der Waals surface area contributed by atoms with Gasteiger partial charge in [0.05, 0.1) is 6.04 Å². The molecule has 2 atom stereocenters. The summed E-state index contributed by atoms with van der Waals surface area (Å²) >= 11 is 0. The molecule has 0 aromatic heterocycles. The van der Waals surface area contributed by atoms with Crippen molar-refractivity contribution >= 4 is 18.0 Å². The van der Waals surface area contributed by atoms with Gasteiger partial charge in [-0.2, -0.15) is 0 Å². The highest BCUT2D eigenvalue weighted by Crippen LogP contribution is 2.44. The summed E-state index contributed by atoms with van der Waals surface area (Å²) in [6.07, 6.45) is -0.171. The number of ether oxygens (including phenoxy) is 2. The Kier molecular flexibility index (Phi) is 8.79. The maximum Gasteiger partial charge on any atom is 0.407 e. The topological polar surface area (TPSA) is 93.7 Å². The molecule has 38 heavy (non-hydrogen) atoms. The number of fused-ring (bicyclic) bond motifs is 3. The van der Waals surface area contributed by atoms with Gasteiger partial charge in [-0.05, 0) is 40.2 Å². The molecule has 0 unspecified atom stereocenters. The van der Waals surface area contributed by atoms with E-state index in [1.54, 1.807) is 0 Å². The van der Waals surface area contributed by atoms with E-state index in [0.717, 1.165) is 27.8 Å². The molecule has 3 aromatic carbocycles. The van der Waals surface area contributed by atoms with Crippen LogP contribution in [0.4, 0.5) is 4.79 Å². The largest absolute Gasteiger partial charge is 0.464 e. The van der Waals surface area contributed by atoms with E-state index in [9.17, 15) is 14.4 Å². The molecule has 2 N–H and O–H groups in total. The highest BCUT2D eigenvalue weighted by Gasteiger charge is 2.31. The Morgan fingerprint density at radius 1 is 0.789 bits per heavy atom. The van der Waals surface area contributed by atoms with Crippen LogP contribution in [0.3, 0.4) is 0 Å². The van der Waals surface area contributed by atoms with Crippen LogP contribution in [-0.4, -0.2) is 43.3 Å². The molecule has 0 spiro atoms. The minimum Gasteiger partial charge on any atom is -0.464 e. The third-order valence-corrected chi connectivity index (χ3v) is 6.73. The lowest BCUT2D eigenvalue weighted by molar-refractivity contribution is -0.142. The molecule has 1 aliphatic rings. The Morgan fingerprint density at radius 2 is 1.37 bits per heavy atom. The van der Waals surface area contributed by atoms with Crippen LogP contribution in [0.1, 0.15) is 43.4 Å². The molecule has 0 saturated carbocycles. The number of benzene rings is 3. The van der Waals surface area contributed by atoms with Crippen LogP contribution >= 0.6 is 0 Å². The van der Waals surface area contributed by atoms with E-state index in [-0.39, 0.29) is 31.0 Å². The van der Waals surface area contributed by atoms with Crippen LogP contribution in [0.2, 0.25) is 0 Å². The van der Waals surface area contributed by atoms with E-state index in [0.29, 0.717) is 6.42 Å². The zero-order valence-corrected chi connectivity index (χ0v) is 22.0. The molecule has 0 fully saturated rings. The van der Waals surface area contributed by atoms with Crippen molar-refractivity contribution in [2.75, 3.05) is 13.2 Å². The molecule has 7 heteroatoms. The lowest BCUT2D eigenvalue weighted by atomic mass is 9.98. The van der Waals surface area contributed by atoms with Crippen LogP contribution in [0, 0.1) is 5.92 Å². The zero-order chi connectivity index (χ0) is 27.1. The van der Waals surface area contributed by atoms with E-state index in [2.05, 4.69) is 34.9 Å². The van der Waals surface area contributed by atoms with Gasteiger partial charge in [-0.3, -0.25) is 9.59 Å². The van der Waals surface area contributed by atoms with Crippen molar-refractivity contribution < 1.29 is 23.9 Å². The highest BCUT2D eigenvalue weighted by atomic mass is 16.5. The Labute approximate surface area is 223 Å². The minimum atomic E-state index is -0.818. The third kappa shape index (κ3) is 6.59. The van der Waals surface area contributed by atoms with Gasteiger partial charge >= 0.3 is 12.1 Å². The summed E-state index contributed by atoms with van der Waals surface area (Å²) < 4.78 is 10.8. The molecule has 4 rings (SSSR count). The van der Waals surface area contributed by atoms with Crippen molar-refractivity contribution in [3.8, 4) is 11.1 Å². The number of carbonyl (C=O) groups is 3. The minimum absolute atomic E-state index is 0.0335. The molecule has 198 valence electrons. The van der Waals surface area contributed by atoms with Gasteiger partial charge < -0.3 is 20.1 Å². The van der Waals surface area contributed by atoms with Gasteiger partial charge in [0.25, 0.3) is 0 Å². The zero-order valence-electron chi connectivity index (χ0n) is 22.0. The van der Waals surface area contributed by atoms with Crippen LogP contribution < -0.4 is 10.6 Å². The van der Waals surface area contributed by atoms with Gasteiger partial charge in [-0.15, -0.1) is 0 Å². The van der Waals surface area contributed by atoms with Crippen LogP contribution in [0.15, 0.2) is 78.9 Å². The first kappa shape index (κ1) is 26.9. The number of hydrogen-bond donors (Lipinski definition) is 2. The Morgan fingerprint density at radius 3 is 1.95 bits per heavy atom. The number of rotatable bonds is 10. The van der Waals surface area contributed by atoms with Crippen LogP contribution in [0.5, 0.6) is 0 Å². The average Bonchev–Trinajstić information content (AvgIpc) is 3.23. The van der Waals surface area contributed by atoms with Gasteiger partial charge in [0.2, 0.25) is 5.91 Å². The lowest BCUT2D eigenvalue weighted by Crippen LogP contribution is -2.53. The first-order chi connectivity index (χ1) is 18.3. The van der Waals surface area contributed by atoms with Crippen molar-refractivity contribution in [3.63, 3.8) is 0 Å². The van der Waals surface area contributed by atoms with E-state index >= 15 is 0 Å². The molecule has 0 radical (unpaired) electrons. The van der Waals surface area contributed by atoms with Gasteiger partial charge in [0.15, 0.2) is 0 Å². The number of esters is 1. The van der Waals surface area contributed by atoms with Gasteiger partial charge in [-0.25, -0.2) is 4.79 Å². The van der Waals surface area contributed by atoms with Crippen LogP contribution in [0.25, 0.3) is 11.1 Å². The summed E-state index contributed by atoms with van der Waals surface area (Å²) in [6, 6.07) is 24.6. The maximum atomic E-state index is 13.2. The second-order valence-corrected chi connectivity index (χ2v) is 9.89. The predicted molar refractivity (Wildman–Crippen MR) is 146 cm³/mol. The second kappa shape index (κ2) is 12.4. The fraction of sp³-hybridized carbons (Fsp3) is 0.323. The second-order valence-electron chi connectivity index (χ2n) is 9.89. The monoisotopic (exact) mass is 514 g/mol.